The van der Waals surface area contributed by atoms with Crippen LogP contribution in [0.5, 0.6) is 0 Å². The monoisotopic (exact) mass is 418 g/mol. The lowest BCUT2D eigenvalue weighted by atomic mass is 9.94. The molecule has 2 amide bonds. The van der Waals surface area contributed by atoms with Gasteiger partial charge in [0.25, 0.3) is 0 Å². The van der Waals surface area contributed by atoms with E-state index < -0.39 is 12.0 Å². The van der Waals surface area contributed by atoms with Gasteiger partial charge in [-0.2, -0.15) is 0 Å². The van der Waals surface area contributed by atoms with Crippen molar-refractivity contribution in [3.8, 4) is 0 Å². The number of fused-ring (bicyclic) bond motifs is 1. The molecule has 0 aromatic heterocycles. The second-order valence-electron chi connectivity index (χ2n) is 7.76. The van der Waals surface area contributed by atoms with Gasteiger partial charge in [-0.3, -0.25) is 4.79 Å². The Morgan fingerprint density at radius 1 is 1.13 bits per heavy atom. The van der Waals surface area contributed by atoms with Crippen LogP contribution >= 0.6 is 0 Å². The molecule has 0 fully saturated rings. The highest BCUT2D eigenvalue weighted by molar-refractivity contribution is 5.85. The topological polar surface area (TPSA) is 76.2 Å². The minimum absolute atomic E-state index is 0.124. The van der Waals surface area contributed by atoms with Crippen LogP contribution in [0.25, 0.3) is 0 Å². The summed E-state index contributed by atoms with van der Waals surface area (Å²) in [6.07, 6.45) is 2.33. The van der Waals surface area contributed by atoms with Crippen LogP contribution < -0.4 is 0 Å². The van der Waals surface area contributed by atoms with Gasteiger partial charge in [0.05, 0.1) is 19.6 Å². The van der Waals surface area contributed by atoms with Crippen LogP contribution in [0.15, 0.2) is 24.3 Å². The van der Waals surface area contributed by atoms with Crippen LogP contribution in [0.4, 0.5) is 4.79 Å². The molecule has 0 radical (unpaired) electrons. The molecule has 0 saturated heterocycles. The number of rotatable bonds is 9. The lowest BCUT2D eigenvalue weighted by Crippen LogP contribution is -2.55. The van der Waals surface area contributed by atoms with Crippen molar-refractivity contribution >= 4 is 18.0 Å². The van der Waals surface area contributed by atoms with Gasteiger partial charge in [-0.05, 0) is 38.3 Å². The summed E-state index contributed by atoms with van der Waals surface area (Å²) in [4.78, 5) is 41.3. The zero-order valence-electron chi connectivity index (χ0n) is 18.6. The molecule has 0 spiro atoms. The van der Waals surface area contributed by atoms with Gasteiger partial charge in [0.2, 0.25) is 0 Å². The predicted octanol–water partition coefficient (Wildman–Crippen LogP) is 3.54. The van der Waals surface area contributed by atoms with E-state index >= 15 is 0 Å². The molecule has 7 nitrogen and oxygen atoms in total. The fraction of sp³-hybridized carbons (Fsp3) is 0.609. The molecule has 1 aliphatic heterocycles. The lowest BCUT2D eigenvalue weighted by Gasteiger charge is -2.39. The third-order valence-electron chi connectivity index (χ3n) is 5.24. The van der Waals surface area contributed by atoms with Crippen LogP contribution in [-0.4, -0.2) is 59.6 Å². The van der Waals surface area contributed by atoms with Crippen molar-refractivity contribution in [3.63, 3.8) is 0 Å². The highest BCUT2D eigenvalue weighted by atomic mass is 16.5. The van der Waals surface area contributed by atoms with Crippen molar-refractivity contribution < 1.29 is 23.9 Å². The van der Waals surface area contributed by atoms with Gasteiger partial charge in [-0.25, -0.2) is 9.59 Å². The molecule has 7 heteroatoms. The first-order valence-electron chi connectivity index (χ1n) is 10.8. The zero-order chi connectivity index (χ0) is 22.1. The van der Waals surface area contributed by atoms with Crippen molar-refractivity contribution in [2.75, 3.05) is 19.8 Å². The van der Waals surface area contributed by atoms with E-state index in [1.54, 1.807) is 16.7 Å². The number of urea groups is 1. The van der Waals surface area contributed by atoms with Gasteiger partial charge >= 0.3 is 18.0 Å². The first-order valence-corrected chi connectivity index (χ1v) is 10.8. The minimum Gasteiger partial charge on any atom is -0.466 e. The minimum atomic E-state index is -0.676. The molecule has 2 rings (SSSR count). The highest BCUT2D eigenvalue weighted by Crippen LogP contribution is 2.26. The SMILES string of the molecule is CCCCOC(=O)CCN(C(=O)N1Cc2ccccc2CC1C(=O)OCC)C(C)C. The average Bonchev–Trinajstić information content (AvgIpc) is 2.72. The molecule has 30 heavy (non-hydrogen) atoms. The number of unbranched alkanes of at least 4 members (excludes halogenated alkanes) is 1. The summed E-state index contributed by atoms with van der Waals surface area (Å²) in [6.45, 7) is 8.83. The van der Waals surface area contributed by atoms with Crippen molar-refractivity contribution in [3.05, 3.63) is 35.4 Å². The molecule has 1 aromatic rings. The Balaban J connectivity index is 2.15. The third kappa shape index (κ3) is 6.21. The number of amides is 2. The first kappa shape index (κ1) is 23.7. The van der Waals surface area contributed by atoms with Crippen LogP contribution in [0.3, 0.4) is 0 Å². The summed E-state index contributed by atoms with van der Waals surface area (Å²) in [5, 5.41) is 0. The Labute approximate surface area is 179 Å². The summed E-state index contributed by atoms with van der Waals surface area (Å²) in [7, 11) is 0. The number of ether oxygens (including phenoxy) is 2. The quantitative estimate of drug-likeness (QED) is 0.453. The number of carbonyl (C=O) groups excluding carboxylic acids is 3. The first-order chi connectivity index (χ1) is 14.4. The zero-order valence-corrected chi connectivity index (χ0v) is 18.6. The number of carbonyl (C=O) groups is 3. The van der Waals surface area contributed by atoms with E-state index in [1.165, 1.54) is 0 Å². The summed E-state index contributed by atoms with van der Waals surface area (Å²) < 4.78 is 10.5. The van der Waals surface area contributed by atoms with Gasteiger partial charge in [0, 0.05) is 25.6 Å². The molecular weight excluding hydrogens is 384 g/mol. The number of hydrogen-bond acceptors (Lipinski definition) is 5. The Bertz CT molecular complexity index is 734. The molecule has 0 N–H and O–H groups in total. The van der Waals surface area contributed by atoms with Gasteiger partial charge in [-0.1, -0.05) is 37.6 Å². The molecule has 0 saturated carbocycles. The fourth-order valence-corrected chi connectivity index (χ4v) is 3.53. The molecular formula is C23H34N2O5. The van der Waals surface area contributed by atoms with E-state index in [2.05, 4.69) is 0 Å². The van der Waals surface area contributed by atoms with E-state index in [1.807, 2.05) is 45.0 Å². The predicted molar refractivity (Wildman–Crippen MR) is 114 cm³/mol. The van der Waals surface area contributed by atoms with Gasteiger partial charge in [-0.15, -0.1) is 0 Å². The van der Waals surface area contributed by atoms with Gasteiger partial charge in [0.15, 0.2) is 0 Å². The average molecular weight is 419 g/mol. The molecule has 0 aliphatic carbocycles. The van der Waals surface area contributed by atoms with Crippen molar-refractivity contribution in [2.45, 2.75) is 72.0 Å². The maximum Gasteiger partial charge on any atom is 0.329 e. The summed E-state index contributed by atoms with van der Waals surface area (Å²) >= 11 is 0. The smallest absolute Gasteiger partial charge is 0.329 e. The summed E-state index contributed by atoms with van der Waals surface area (Å²) in [6, 6.07) is 6.75. The maximum atomic E-state index is 13.4. The number of benzene rings is 1. The molecule has 1 heterocycles. The third-order valence-corrected chi connectivity index (χ3v) is 5.24. The Morgan fingerprint density at radius 3 is 2.47 bits per heavy atom. The highest BCUT2D eigenvalue weighted by Gasteiger charge is 2.38. The van der Waals surface area contributed by atoms with E-state index in [0.29, 0.717) is 19.6 Å². The number of hydrogen-bond donors (Lipinski definition) is 0. The summed E-state index contributed by atoms with van der Waals surface area (Å²) in [5.41, 5.74) is 2.07. The lowest BCUT2D eigenvalue weighted by molar-refractivity contribution is -0.149. The molecule has 166 valence electrons. The van der Waals surface area contributed by atoms with E-state index in [0.717, 1.165) is 24.0 Å². The maximum absolute atomic E-state index is 13.4. The van der Waals surface area contributed by atoms with Crippen molar-refractivity contribution in [2.24, 2.45) is 0 Å². The standard InChI is InChI=1S/C23H34N2O5/c1-5-7-14-30-21(26)12-13-24(17(3)4)23(28)25-16-19-11-9-8-10-18(19)15-20(25)22(27)29-6-2/h8-11,17,20H,5-7,12-16H2,1-4H3. The summed E-state index contributed by atoms with van der Waals surface area (Å²) in [5.74, 6) is -0.712. The Morgan fingerprint density at radius 2 is 1.83 bits per heavy atom. The van der Waals surface area contributed by atoms with Crippen LogP contribution in [0, 0.1) is 0 Å². The van der Waals surface area contributed by atoms with Crippen LogP contribution in [-0.2, 0) is 32.0 Å². The Kier molecular flexibility index (Phi) is 9.15. The molecule has 1 atom stereocenters. The van der Waals surface area contributed by atoms with E-state index in [4.69, 9.17) is 9.47 Å². The van der Waals surface area contributed by atoms with Gasteiger partial charge < -0.3 is 19.3 Å². The van der Waals surface area contributed by atoms with E-state index in [-0.39, 0.29) is 37.6 Å². The largest absolute Gasteiger partial charge is 0.466 e. The normalized spacial score (nSPS) is 15.5. The molecule has 1 unspecified atom stereocenters. The number of nitrogens with zero attached hydrogens (tertiary/aromatic N) is 2. The molecule has 1 aliphatic rings. The van der Waals surface area contributed by atoms with Gasteiger partial charge in [0.1, 0.15) is 6.04 Å². The van der Waals surface area contributed by atoms with Crippen LogP contribution in [0.1, 0.15) is 58.1 Å². The van der Waals surface area contributed by atoms with Crippen LogP contribution in [0.2, 0.25) is 0 Å². The second-order valence-corrected chi connectivity index (χ2v) is 7.76. The second kappa shape index (κ2) is 11.6. The molecule has 0 bridgehead atoms. The fourth-order valence-electron chi connectivity index (χ4n) is 3.53. The molecule has 1 aromatic carbocycles. The number of esters is 2. The Hall–Kier alpha value is -2.57. The van der Waals surface area contributed by atoms with Crippen molar-refractivity contribution in [1.82, 2.24) is 9.80 Å². The van der Waals surface area contributed by atoms with Crippen molar-refractivity contribution in [1.29, 1.82) is 0 Å². The van der Waals surface area contributed by atoms with E-state index in [9.17, 15) is 14.4 Å².